The highest BCUT2D eigenvalue weighted by atomic mass is 32.2. The summed E-state index contributed by atoms with van der Waals surface area (Å²) in [6, 6.07) is 7.24. The monoisotopic (exact) mass is 494 g/mol. The van der Waals surface area contributed by atoms with Gasteiger partial charge in [0.25, 0.3) is 15.7 Å². The minimum Gasteiger partial charge on any atom is -0.495 e. The van der Waals surface area contributed by atoms with Crippen molar-refractivity contribution < 1.29 is 39.5 Å². The van der Waals surface area contributed by atoms with Gasteiger partial charge in [0.05, 0.1) is 22.6 Å². The molecule has 0 atom stereocenters. The van der Waals surface area contributed by atoms with Crippen LogP contribution >= 0.6 is 0 Å². The van der Waals surface area contributed by atoms with E-state index in [2.05, 4.69) is 5.32 Å². The summed E-state index contributed by atoms with van der Waals surface area (Å²) in [4.78, 5) is 11.4. The summed E-state index contributed by atoms with van der Waals surface area (Å²) in [5, 5.41) is 2.29. The number of methoxy groups -OCH3 is 1. The van der Waals surface area contributed by atoms with Gasteiger partial charge in [0.15, 0.2) is 0 Å². The van der Waals surface area contributed by atoms with Crippen molar-refractivity contribution in [2.24, 2.45) is 0 Å². The Hall–Kier alpha value is -2.64. The van der Waals surface area contributed by atoms with Crippen LogP contribution in [0.1, 0.15) is 24.2 Å². The van der Waals surface area contributed by atoms with E-state index in [1.807, 2.05) is 0 Å². The third-order valence-corrected chi connectivity index (χ3v) is 8.04. The fraction of sp³-hybridized carbons (Fsp3) is 0.316. The number of carbonyl (C=O) groups excluding carboxylic acids is 1. The van der Waals surface area contributed by atoms with Gasteiger partial charge in [-0.05, 0) is 42.5 Å². The molecule has 0 bridgehead atoms. The average molecular weight is 495 g/mol. The molecule has 32 heavy (non-hydrogen) atoms. The van der Waals surface area contributed by atoms with Gasteiger partial charge < -0.3 is 10.1 Å². The molecule has 0 radical (unpaired) electrons. The molecule has 2 rings (SSSR count). The third-order valence-electron chi connectivity index (χ3n) is 4.49. The first-order valence-electron chi connectivity index (χ1n) is 9.20. The molecule has 8 nitrogen and oxygen atoms in total. The van der Waals surface area contributed by atoms with E-state index in [1.54, 1.807) is 13.8 Å². The van der Waals surface area contributed by atoms with Crippen molar-refractivity contribution in [3.05, 3.63) is 48.0 Å². The van der Waals surface area contributed by atoms with E-state index in [-0.39, 0.29) is 35.0 Å². The number of nitrogens with one attached hydrogen (secondary N) is 1. The van der Waals surface area contributed by atoms with E-state index in [0.29, 0.717) is 12.1 Å². The molecule has 0 aliphatic rings. The summed E-state index contributed by atoms with van der Waals surface area (Å²) in [5.41, 5.74) is -5.83. The molecule has 0 saturated heterocycles. The summed E-state index contributed by atoms with van der Waals surface area (Å²) < 4.78 is 93.1. The van der Waals surface area contributed by atoms with Crippen molar-refractivity contribution in [1.29, 1.82) is 0 Å². The maximum atomic E-state index is 12.8. The average Bonchev–Trinajstić information content (AvgIpc) is 2.73. The SMILES string of the molecule is CCN(CC)S(=O)(=O)c1ccc(C(=O)Nc2cc(S(=O)(=O)C(F)(F)F)ccc2OC)cc1. The topological polar surface area (TPSA) is 110 Å². The fourth-order valence-corrected chi connectivity index (χ4v) is 5.02. The Morgan fingerprint density at radius 3 is 1.97 bits per heavy atom. The van der Waals surface area contributed by atoms with Gasteiger partial charge in [-0.2, -0.15) is 17.5 Å². The molecule has 0 spiro atoms. The number of nitrogens with zero attached hydrogens (tertiary/aromatic N) is 1. The molecule has 0 saturated carbocycles. The van der Waals surface area contributed by atoms with Crippen LogP contribution in [-0.2, 0) is 19.9 Å². The summed E-state index contributed by atoms with van der Waals surface area (Å²) in [6.45, 7) is 3.89. The Morgan fingerprint density at radius 2 is 1.50 bits per heavy atom. The molecular weight excluding hydrogens is 473 g/mol. The first-order valence-corrected chi connectivity index (χ1v) is 12.1. The van der Waals surface area contributed by atoms with Gasteiger partial charge in [0, 0.05) is 18.7 Å². The van der Waals surface area contributed by atoms with Crippen molar-refractivity contribution in [3.63, 3.8) is 0 Å². The van der Waals surface area contributed by atoms with E-state index in [9.17, 15) is 34.8 Å². The largest absolute Gasteiger partial charge is 0.501 e. The lowest BCUT2D eigenvalue weighted by molar-refractivity contribution is -0.0436. The lowest BCUT2D eigenvalue weighted by atomic mass is 10.2. The van der Waals surface area contributed by atoms with E-state index in [4.69, 9.17) is 4.74 Å². The molecule has 0 aliphatic carbocycles. The molecule has 0 heterocycles. The summed E-state index contributed by atoms with van der Waals surface area (Å²) in [6.07, 6.45) is 0. The second kappa shape index (κ2) is 9.46. The van der Waals surface area contributed by atoms with Crippen LogP contribution < -0.4 is 10.1 Å². The van der Waals surface area contributed by atoms with E-state index in [1.165, 1.54) is 35.7 Å². The number of sulfonamides is 1. The number of halogens is 3. The third kappa shape index (κ3) is 5.05. The van der Waals surface area contributed by atoms with Gasteiger partial charge in [-0.3, -0.25) is 4.79 Å². The quantitative estimate of drug-likeness (QED) is 0.603. The molecule has 2 aromatic rings. The van der Waals surface area contributed by atoms with Gasteiger partial charge in [0.1, 0.15) is 5.75 Å². The lowest BCUT2D eigenvalue weighted by Crippen LogP contribution is -2.30. The van der Waals surface area contributed by atoms with Crippen LogP contribution in [-0.4, -0.2) is 52.8 Å². The number of benzene rings is 2. The highest BCUT2D eigenvalue weighted by Crippen LogP contribution is 2.34. The Morgan fingerprint density at radius 1 is 0.969 bits per heavy atom. The maximum absolute atomic E-state index is 12.8. The van der Waals surface area contributed by atoms with Crippen LogP contribution in [0.2, 0.25) is 0 Å². The number of alkyl halides is 3. The van der Waals surface area contributed by atoms with Crippen LogP contribution in [0.3, 0.4) is 0 Å². The van der Waals surface area contributed by atoms with Crippen LogP contribution in [0, 0.1) is 0 Å². The van der Waals surface area contributed by atoms with Gasteiger partial charge in [-0.1, -0.05) is 13.8 Å². The lowest BCUT2D eigenvalue weighted by Gasteiger charge is -2.18. The number of anilines is 1. The number of amides is 1. The van der Waals surface area contributed by atoms with Crippen molar-refractivity contribution in [3.8, 4) is 5.75 Å². The standard InChI is InChI=1S/C19H21F3N2O6S2/c1-4-24(5-2)32(28,29)14-8-6-13(7-9-14)18(25)23-16-12-15(10-11-17(16)30-3)31(26,27)19(20,21)22/h6-12H,4-5H2,1-3H3,(H,23,25). The highest BCUT2D eigenvalue weighted by Gasteiger charge is 2.47. The zero-order valence-electron chi connectivity index (χ0n) is 17.3. The molecule has 13 heteroatoms. The molecule has 176 valence electrons. The number of carbonyl (C=O) groups is 1. The van der Waals surface area contributed by atoms with Gasteiger partial charge in [0.2, 0.25) is 10.0 Å². The van der Waals surface area contributed by atoms with E-state index < -0.39 is 36.2 Å². The first kappa shape index (κ1) is 25.6. The Balaban J connectivity index is 2.36. The summed E-state index contributed by atoms with van der Waals surface area (Å²) in [7, 11) is -8.19. The van der Waals surface area contributed by atoms with Crippen LogP contribution in [0.25, 0.3) is 0 Å². The Bertz CT molecular complexity index is 1190. The van der Waals surface area contributed by atoms with Crippen LogP contribution in [0.15, 0.2) is 52.3 Å². The van der Waals surface area contributed by atoms with Crippen molar-refractivity contribution in [2.75, 3.05) is 25.5 Å². The summed E-state index contributed by atoms with van der Waals surface area (Å²) >= 11 is 0. The second-order valence-corrected chi connectivity index (χ2v) is 10.3. The Kier molecular flexibility index (Phi) is 7.58. The first-order chi connectivity index (χ1) is 14.8. The van der Waals surface area contributed by atoms with Crippen molar-refractivity contribution >= 4 is 31.5 Å². The van der Waals surface area contributed by atoms with Crippen LogP contribution in [0.5, 0.6) is 5.75 Å². The normalized spacial score (nSPS) is 12.6. The molecule has 0 fully saturated rings. The predicted molar refractivity (Wildman–Crippen MR) is 111 cm³/mol. The van der Waals surface area contributed by atoms with Gasteiger partial charge in [-0.25, -0.2) is 16.8 Å². The van der Waals surface area contributed by atoms with E-state index >= 15 is 0 Å². The van der Waals surface area contributed by atoms with Crippen molar-refractivity contribution in [1.82, 2.24) is 4.31 Å². The molecular formula is C19H21F3N2O6S2. The molecule has 0 aromatic heterocycles. The number of hydrogen-bond donors (Lipinski definition) is 1. The number of ether oxygens (including phenoxy) is 1. The van der Waals surface area contributed by atoms with E-state index in [0.717, 1.165) is 6.07 Å². The van der Waals surface area contributed by atoms with Crippen molar-refractivity contribution in [2.45, 2.75) is 29.1 Å². The van der Waals surface area contributed by atoms with Gasteiger partial charge in [-0.15, -0.1) is 0 Å². The molecule has 1 amide bonds. The number of sulfone groups is 1. The fourth-order valence-electron chi connectivity index (χ4n) is 2.77. The minimum absolute atomic E-state index is 0.00497. The molecule has 0 aliphatic heterocycles. The zero-order valence-corrected chi connectivity index (χ0v) is 18.9. The number of rotatable bonds is 8. The summed E-state index contributed by atoms with van der Waals surface area (Å²) in [5.74, 6) is -0.878. The predicted octanol–water partition coefficient (Wildman–Crippen LogP) is 3.27. The highest BCUT2D eigenvalue weighted by molar-refractivity contribution is 7.92. The zero-order chi connectivity index (χ0) is 24.3. The van der Waals surface area contributed by atoms with Crippen LogP contribution in [0.4, 0.5) is 18.9 Å². The number of hydrogen-bond acceptors (Lipinski definition) is 6. The second-order valence-electron chi connectivity index (χ2n) is 6.38. The Labute approximate surface area is 184 Å². The smallest absolute Gasteiger partial charge is 0.495 e. The molecule has 1 N–H and O–H groups in total. The van der Waals surface area contributed by atoms with Gasteiger partial charge >= 0.3 is 5.51 Å². The molecule has 2 aromatic carbocycles. The maximum Gasteiger partial charge on any atom is 0.501 e. The minimum atomic E-state index is -5.64. The molecule has 0 unspecified atom stereocenters.